The third-order valence-electron chi connectivity index (χ3n) is 3.38. The van der Waals surface area contributed by atoms with Crippen molar-refractivity contribution in [3.8, 4) is 0 Å². The van der Waals surface area contributed by atoms with Crippen molar-refractivity contribution in [2.24, 2.45) is 0 Å². The Morgan fingerprint density at radius 3 is 2.91 bits per heavy atom. The summed E-state index contributed by atoms with van der Waals surface area (Å²) in [5, 5.41) is 18.8. The van der Waals surface area contributed by atoms with Crippen molar-refractivity contribution in [3.63, 3.8) is 0 Å². The first-order valence-corrected chi connectivity index (χ1v) is 7.11. The Kier molecular flexibility index (Phi) is 5.48. The molecule has 0 amide bonds. The van der Waals surface area contributed by atoms with Crippen LogP contribution in [0.2, 0.25) is 0 Å². The van der Waals surface area contributed by atoms with Crippen LogP contribution in [0.25, 0.3) is 6.08 Å². The maximum absolute atomic E-state index is 11.9. The quantitative estimate of drug-likeness (QED) is 0.455. The largest absolute Gasteiger partial charge is 0.463 e. The summed E-state index contributed by atoms with van der Waals surface area (Å²) in [6.07, 6.45) is 1.10. The van der Waals surface area contributed by atoms with Gasteiger partial charge < -0.3 is 19.7 Å². The van der Waals surface area contributed by atoms with Gasteiger partial charge in [-0.1, -0.05) is 0 Å². The van der Waals surface area contributed by atoms with Gasteiger partial charge in [0.2, 0.25) is 0 Å². The molecule has 2 rings (SSSR count). The fraction of sp³-hybridized carbons (Fsp3) is 0.500. The Morgan fingerprint density at radius 1 is 1.57 bits per heavy atom. The molecule has 0 aliphatic carbocycles. The number of esters is 1. The Morgan fingerprint density at radius 2 is 2.30 bits per heavy atom. The molecule has 126 valence electrons. The maximum atomic E-state index is 11.9. The normalized spacial score (nSPS) is 24.2. The molecule has 0 radical (unpaired) electrons. The molecule has 0 saturated carbocycles. The number of nitrogens with zero attached hydrogens (tertiary/aromatic N) is 1. The van der Waals surface area contributed by atoms with Gasteiger partial charge >= 0.3 is 11.7 Å². The number of carbonyl (C=O) groups is 1. The number of ether oxygens (including phenoxy) is 2. The summed E-state index contributed by atoms with van der Waals surface area (Å²) in [6.45, 7) is 1.47. The van der Waals surface area contributed by atoms with Crippen molar-refractivity contribution in [1.82, 2.24) is 9.55 Å². The number of aliphatic hydroxyl groups excluding tert-OH is 2. The van der Waals surface area contributed by atoms with Crippen LogP contribution < -0.4 is 11.2 Å². The average Bonchev–Trinajstić information content (AvgIpc) is 2.87. The van der Waals surface area contributed by atoms with E-state index in [4.69, 9.17) is 14.6 Å². The monoisotopic (exact) mass is 326 g/mol. The molecule has 1 aromatic heterocycles. The average molecular weight is 326 g/mol. The molecular formula is C14H18N2O7. The Balaban J connectivity index is 2.29. The second-order valence-corrected chi connectivity index (χ2v) is 4.95. The van der Waals surface area contributed by atoms with E-state index in [2.05, 4.69) is 4.98 Å². The lowest BCUT2D eigenvalue weighted by molar-refractivity contribution is -0.137. The van der Waals surface area contributed by atoms with Gasteiger partial charge in [0.1, 0.15) is 12.3 Å². The van der Waals surface area contributed by atoms with Crippen molar-refractivity contribution in [1.29, 1.82) is 0 Å². The zero-order valence-electron chi connectivity index (χ0n) is 12.5. The summed E-state index contributed by atoms with van der Waals surface area (Å²) in [5.41, 5.74) is -1.31. The zero-order chi connectivity index (χ0) is 17.0. The van der Waals surface area contributed by atoms with Crippen LogP contribution in [0.1, 0.15) is 25.1 Å². The number of rotatable bonds is 5. The van der Waals surface area contributed by atoms with Crippen molar-refractivity contribution in [2.75, 3.05) is 13.2 Å². The first kappa shape index (κ1) is 17.1. The second kappa shape index (κ2) is 7.36. The lowest BCUT2D eigenvalue weighted by atomic mass is 10.2. The molecule has 0 bridgehead atoms. The molecule has 0 spiro atoms. The minimum atomic E-state index is -0.914. The molecule has 23 heavy (non-hydrogen) atoms. The number of carbonyl (C=O) groups excluding carboxylic acids is 1. The molecule has 1 saturated heterocycles. The van der Waals surface area contributed by atoms with Crippen LogP contribution in [0.5, 0.6) is 0 Å². The van der Waals surface area contributed by atoms with E-state index in [1.54, 1.807) is 6.92 Å². The number of H-pyrrole nitrogens is 1. The van der Waals surface area contributed by atoms with E-state index in [1.807, 2.05) is 0 Å². The van der Waals surface area contributed by atoms with E-state index in [0.29, 0.717) is 0 Å². The molecule has 2 heterocycles. The molecule has 3 atom stereocenters. The fourth-order valence-corrected chi connectivity index (χ4v) is 2.23. The van der Waals surface area contributed by atoms with Crippen molar-refractivity contribution in [2.45, 2.75) is 31.8 Å². The molecule has 9 heteroatoms. The van der Waals surface area contributed by atoms with Gasteiger partial charge in [-0.15, -0.1) is 0 Å². The van der Waals surface area contributed by atoms with Gasteiger partial charge in [0.25, 0.3) is 5.56 Å². The Bertz CT molecular complexity index is 706. The summed E-state index contributed by atoms with van der Waals surface area (Å²) in [7, 11) is 0. The van der Waals surface area contributed by atoms with Crippen molar-refractivity contribution < 1.29 is 24.5 Å². The lowest BCUT2D eigenvalue weighted by Crippen LogP contribution is -2.33. The van der Waals surface area contributed by atoms with E-state index in [9.17, 15) is 19.5 Å². The number of hydrogen-bond acceptors (Lipinski definition) is 7. The smallest absolute Gasteiger partial charge is 0.330 e. The molecule has 1 aliphatic rings. The van der Waals surface area contributed by atoms with Crippen molar-refractivity contribution >= 4 is 12.0 Å². The van der Waals surface area contributed by atoms with E-state index in [-0.39, 0.29) is 25.2 Å². The fourth-order valence-electron chi connectivity index (χ4n) is 2.23. The van der Waals surface area contributed by atoms with Crippen LogP contribution in [0.3, 0.4) is 0 Å². The van der Waals surface area contributed by atoms with Crippen LogP contribution >= 0.6 is 0 Å². The van der Waals surface area contributed by atoms with E-state index >= 15 is 0 Å². The van der Waals surface area contributed by atoms with Crippen LogP contribution in [0.4, 0.5) is 0 Å². The number of nitrogens with one attached hydrogen (secondary N) is 1. The van der Waals surface area contributed by atoms with Crippen LogP contribution in [-0.4, -0.2) is 51.2 Å². The summed E-state index contributed by atoms with van der Waals surface area (Å²) in [6, 6.07) is 0. The van der Waals surface area contributed by atoms with Crippen LogP contribution in [0, 0.1) is 0 Å². The van der Waals surface area contributed by atoms with Gasteiger partial charge in [-0.3, -0.25) is 14.3 Å². The first-order chi connectivity index (χ1) is 11.0. The highest BCUT2D eigenvalue weighted by molar-refractivity contribution is 5.86. The van der Waals surface area contributed by atoms with Gasteiger partial charge in [0, 0.05) is 18.7 Å². The number of aliphatic hydroxyl groups is 2. The second-order valence-electron chi connectivity index (χ2n) is 4.95. The third kappa shape index (κ3) is 3.95. The predicted molar refractivity (Wildman–Crippen MR) is 78.6 cm³/mol. The summed E-state index contributed by atoms with van der Waals surface area (Å²) >= 11 is 0. The summed E-state index contributed by atoms with van der Waals surface area (Å²) in [4.78, 5) is 37.0. The van der Waals surface area contributed by atoms with Gasteiger partial charge in [0.15, 0.2) is 0 Å². The number of aromatic amines is 1. The van der Waals surface area contributed by atoms with Gasteiger partial charge in [0.05, 0.1) is 24.9 Å². The molecule has 1 unspecified atom stereocenters. The first-order valence-electron chi connectivity index (χ1n) is 7.11. The highest BCUT2D eigenvalue weighted by Crippen LogP contribution is 2.27. The van der Waals surface area contributed by atoms with Gasteiger partial charge in [-0.25, -0.2) is 9.59 Å². The molecule has 1 fully saturated rings. The molecular weight excluding hydrogens is 308 g/mol. The summed E-state index contributed by atoms with van der Waals surface area (Å²) < 4.78 is 11.2. The molecule has 3 N–H and O–H groups in total. The third-order valence-corrected chi connectivity index (χ3v) is 3.38. The highest BCUT2D eigenvalue weighted by Gasteiger charge is 2.35. The predicted octanol–water partition coefficient (Wildman–Crippen LogP) is -1.25. The molecule has 9 nitrogen and oxygen atoms in total. The maximum Gasteiger partial charge on any atom is 0.330 e. The van der Waals surface area contributed by atoms with Crippen LogP contribution in [-0.2, 0) is 14.3 Å². The van der Waals surface area contributed by atoms with Gasteiger partial charge in [-0.2, -0.15) is 0 Å². The minimum absolute atomic E-state index is 0.0585. The Hall–Kier alpha value is -2.23. The van der Waals surface area contributed by atoms with E-state index in [0.717, 1.165) is 10.6 Å². The number of aromatic nitrogens is 2. The Labute approximate surface area is 130 Å². The molecule has 1 aromatic rings. The zero-order valence-corrected chi connectivity index (χ0v) is 12.5. The SMILES string of the molecule is CCOC(=O)/C=C/c1cn([C@H]2CC(O)[C@@H](CO)O2)c(=O)[nH]c1=O. The van der Waals surface area contributed by atoms with E-state index < -0.39 is 35.7 Å². The summed E-state index contributed by atoms with van der Waals surface area (Å²) in [5.74, 6) is -0.613. The standard InChI is InChI=1S/C14H18N2O7/c1-2-22-12(19)4-3-8-6-16(14(21)15-13(8)20)11-5-9(18)10(7-17)23-11/h3-4,6,9-11,17-18H,2,5,7H2,1H3,(H,15,20,21)/b4-3+/t9?,10-,11-/m1/s1. The highest BCUT2D eigenvalue weighted by atomic mass is 16.5. The minimum Gasteiger partial charge on any atom is -0.463 e. The molecule has 1 aliphatic heterocycles. The lowest BCUT2D eigenvalue weighted by Gasteiger charge is -2.14. The van der Waals surface area contributed by atoms with E-state index in [1.165, 1.54) is 12.3 Å². The van der Waals surface area contributed by atoms with Crippen LogP contribution in [0.15, 0.2) is 21.9 Å². The van der Waals surface area contributed by atoms with Crippen molar-refractivity contribution in [3.05, 3.63) is 38.7 Å². The number of hydrogen-bond donors (Lipinski definition) is 3. The topological polar surface area (TPSA) is 131 Å². The van der Waals surface area contributed by atoms with Gasteiger partial charge in [-0.05, 0) is 13.0 Å². The molecule has 0 aromatic carbocycles.